The van der Waals surface area contributed by atoms with Gasteiger partial charge < -0.3 is 9.47 Å². The van der Waals surface area contributed by atoms with Gasteiger partial charge in [0.25, 0.3) is 0 Å². The first kappa shape index (κ1) is 11.9. The number of rotatable bonds is 2. The molecule has 1 saturated carbocycles. The van der Waals surface area contributed by atoms with Crippen LogP contribution < -0.4 is 9.47 Å². The maximum atomic E-state index is 11.5. The summed E-state index contributed by atoms with van der Waals surface area (Å²) in [6.45, 7) is 3.26. The topological polar surface area (TPSA) is 35.5 Å². The Labute approximate surface area is 111 Å². The minimum atomic E-state index is 0.170. The third kappa shape index (κ3) is 2.21. The molecule has 0 N–H and O–H groups in total. The molecule has 1 aromatic rings. The molecule has 3 nitrogen and oxygen atoms in total. The van der Waals surface area contributed by atoms with Gasteiger partial charge in [0.2, 0.25) is 0 Å². The van der Waals surface area contributed by atoms with Gasteiger partial charge in [0, 0.05) is 22.5 Å². The minimum Gasteiger partial charge on any atom is -0.486 e. The zero-order valence-corrected chi connectivity index (χ0v) is 11.2. The molecule has 1 aliphatic carbocycles. The first-order valence-corrected chi connectivity index (χ1v) is 7.21. The van der Waals surface area contributed by atoms with Crippen molar-refractivity contribution >= 4 is 17.5 Å². The molecule has 96 valence electrons. The van der Waals surface area contributed by atoms with Crippen LogP contribution in [-0.2, 0) is 4.79 Å². The number of ketones is 1. The molecule has 3 rings (SSSR count). The summed E-state index contributed by atoms with van der Waals surface area (Å²) in [5, 5.41) is 0.403. The number of ether oxygens (including phenoxy) is 2. The fraction of sp³-hybridized carbons (Fsp3) is 0.500. The van der Waals surface area contributed by atoms with Gasteiger partial charge in [0.05, 0.1) is 0 Å². The van der Waals surface area contributed by atoms with Gasteiger partial charge in [-0.25, -0.2) is 0 Å². The molecule has 0 saturated heterocycles. The summed E-state index contributed by atoms with van der Waals surface area (Å²) < 4.78 is 11.1. The molecule has 0 amide bonds. The number of hydrogen-bond donors (Lipinski definition) is 0. The summed E-state index contributed by atoms with van der Waals surface area (Å²) in [7, 11) is 0. The van der Waals surface area contributed by atoms with E-state index in [-0.39, 0.29) is 5.92 Å². The van der Waals surface area contributed by atoms with Crippen molar-refractivity contribution in [3.63, 3.8) is 0 Å². The molecule has 2 unspecified atom stereocenters. The van der Waals surface area contributed by atoms with Crippen molar-refractivity contribution in [2.45, 2.75) is 29.9 Å². The Morgan fingerprint density at radius 3 is 2.72 bits per heavy atom. The Hall–Kier alpha value is -1.16. The van der Waals surface area contributed by atoms with Crippen LogP contribution in [0.5, 0.6) is 11.5 Å². The molecule has 4 heteroatoms. The van der Waals surface area contributed by atoms with Crippen LogP contribution in [-0.4, -0.2) is 24.2 Å². The molecule has 2 aliphatic rings. The SMILES string of the molecule is CC1C(=O)CCC1Sc1ccc2c(c1)OCCO2. The van der Waals surface area contributed by atoms with Crippen LogP contribution in [0.1, 0.15) is 19.8 Å². The number of fused-ring (bicyclic) bond motifs is 1. The normalized spacial score (nSPS) is 26.4. The lowest BCUT2D eigenvalue weighted by molar-refractivity contribution is -0.120. The van der Waals surface area contributed by atoms with Crippen LogP contribution in [0, 0.1) is 5.92 Å². The van der Waals surface area contributed by atoms with Gasteiger partial charge in [-0.15, -0.1) is 11.8 Å². The van der Waals surface area contributed by atoms with Gasteiger partial charge in [-0.2, -0.15) is 0 Å². The monoisotopic (exact) mass is 264 g/mol. The molecule has 1 heterocycles. The lowest BCUT2D eigenvalue weighted by Gasteiger charge is -2.20. The summed E-state index contributed by atoms with van der Waals surface area (Å²) in [6, 6.07) is 6.03. The number of Topliss-reactive ketones (excluding diaryl/α,β-unsaturated/α-hetero) is 1. The van der Waals surface area contributed by atoms with Crippen molar-refractivity contribution in [1.29, 1.82) is 0 Å². The van der Waals surface area contributed by atoms with Crippen molar-refractivity contribution in [1.82, 2.24) is 0 Å². The van der Waals surface area contributed by atoms with Crippen LogP contribution in [0.3, 0.4) is 0 Å². The van der Waals surface area contributed by atoms with Crippen LogP contribution in [0.2, 0.25) is 0 Å². The molecule has 18 heavy (non-hydrogen) atoms. The van der Waals surface area contributed by atoms with E-state index < -0.39 is 0 Å². The van der Waals surface area contributed by atoms with Crippen molar-refractivity contribution in [3.8, 4) is 11.5 Å². The smallest absolute Gasteiger partial charge is 0.162 e. The predicted octanol–water partition coefficient (Wildman–Crippen LogP) is 2.92. The highest BCUT2D eigenvalue weighted by atomic mass is 32.2. The molecule has 1 fully saturated rings. The van der Waals surface area contributed by atoms with E-state index in [9.17, 15) is 4.79 Å². The van der Waals surface area contributed by atoms with Crippen molar-refractivity contribution in [2.75, 3.05) is 13.2 Å². The number of benzene rings is 1. The van der Waals surface area contributed by atoms with E-state index >= 15 is 0 Å². The average Bonchev–Trinajstić information content (AvgIpc) is 2.71. The lowest BCUT2D eigenvalue weighted by atomic mass is 10.1. The molecule has 0 bridgehead atoms. The van der Waals surface area contributed by atoms with Crippen LogP contribution in [0.4, 0.5) is 0 Å². The zero-order valence-electron chi connectivity index (χ0n) is 10.3. The summed E-state index contributed by atoms with van der Waals surface area (Å²) >= 11 is 1.78. The fourth-order valence-electron chi connectivity index (χ4n) is 2.40. The van der Waals surface area contributed by atoms with E-state index in [0.29, 0.717) is 24.2 Å². The molecule has 2 atom stereocenters. The number of hydrogen-bond acceptors (Lipinski definition) is 4. The molecule has 1 aliphatic heterocycles. The molecule has 0 spiro atoms. The molecular formula is C14H16O3S. The molecule has 0 radical (unpaired) electrons. The number of carbonyl (C=O) groups excluding carboxylic acids is 1. The predicted molar refractivity (Wildman–Crippen MR) is 70.5 cm³/mol. The highest BCUT2D eigenvalue weighted by molar-refractivity contribution is 8.00. The van der Waals surface area contributed by atoms with Crippen molar-refractivity contribution in [2.24, 2.45) is 5.92 Å². The quantitative estimate of drug-likeness (QED) is 0.822. The van der Waals surface area contributed by atoms with Crippen LogP contribution >= 0.6 is 11.8 Å². The van der Waals surface area contributed by atoms with E-state index in [1.807, 2.05) is 25.1 Å². The number of thioether (sulfide) groups is 1. The van der Waals surface area contributed by atoms with Crippen LogP contribution in [0.15, 0.2) is 23.1 Å². The zero-order chi connectivity index (χ0) is 12.5. The van der Waals surface area contributed by atoms with Gasteiger partial charge >= 0.3 is 0 Å². The third-order valence-corrected chi connectivity index (χ3v) is 5.01. The van der Waals surface area contributed by atoms with E-state index in [1.165, 1.54) is 0 Å². The maximum Gasteiger partial charge on any atom is 0.162 e. The Kier molecular flexibility index (Phi) is 3.20. The third-order valence-electron chi connectivity index (χ3n) is 3.54. The Balaban J connectivity index is 1.75. The summed E-state index contributed by atoms with van der Waals surface area (Å²) in [5.41, 5.74) is 0. The van der Waals surface area contributed by atoms with Gasteiger partial charge in [0.1, 0.15) is 19.0 Å². The Morgan fingerprint density at radius 1 is 1.22 bits per heavy atom. The Morgan fingerprint density at radius 2 is 2.00 bits per heavy atom. The van der Waals surface area contributed by atoms with E-state index in [2.05, 4.69) is 0 Å². The van der Waals surface area contributed by atoms with Crippen LogP contribution in [0.25, 0.3) is 0 Å². The highest BCUT2D eigenvalue weighted by Crippen LogP contribution is 2.40. The van der Waals surface area contributed by atoms with Gasteiger partial charge in [-0.1, -0.05) is 6.92 Å². The first-order valence-electron chi connectivity index (χ1n) is 6.33. The van der Waals surface area contributed by atoms with Crippen molar-refractivity contribution < 1.29 is 14.3 Å². The number of carbonyl (C=O) groups is 1. The van der Waals surface area contributed by atoms with Gasteiger partial charge in [-0.3, -0.25) is 4.79 Å². The highest BCUT2D eigenvalue weighted by Gasteiger charge is 2.31. The summed E-state index contributed by atoms with van der Waals surface area (Å²) in [6.07, 6.45) is 1.71. The standard InChI is InChI=1S/C14H16O3S/c1-9-11(15)3-5-14(9)18-10-2-4-12-13(8-10)17-7-6-16-12/h2,4,8-9,14H,3,5-7H2,1H3. The first-order chi connectivity index (χ1) is 8.74. The second kappa shape index (κ2) is 4.84. The summed E-state index contributed by atoms with van der Waals surface area (Å²) in [4.78, 5) is 12.7. The Bertz CT molecular complexity index is 472. The minimum absolute atomic E-state index is 0.170. The maximum absolute atomic E-state index is 11.5. The largest absolute Gasteiger partial charge is 0.486 e. The van der Waals surface area contributed by atoms with E-state index in [1.54, 1.807) is 11.8 Å². The molecule has 0 aromatic heterocycles. The molecule has 1 aromatic carbocycles. The van der Waals surface area contributed by atoms with E-state index in [4.69, 9.17) is 9.47 Å². The second-order valence-corrected chi connectivity index (χ2v) is 6.07. The summed E-state index contributed by atoms with van der Waals surface area (Å²) in [5.74, 6) is 2.21. The lowest BCUT2D eigenvalue weighted by Crippen LogP contribution is -2.15. The molecular weight excluding hydrogens is 248 g/mol. The average molecular weight is 264 g/mol. The second-order valence-electron chi connectivity index (χ2n) is 4.76. The fourth-order valence-corrected chi connectivity index (χ4v) is 3.67. The van der Waals surface area contributed by atoms with Gasteiger partial charge in [-0.05, 0) is 24.6 Å². The van der Waals surface area contributed by atoms with Crippen molar-refractivity contribution in [3.05, 3.63) is 18.2 Å². The van der Waals surface area contributed by atoms with Gasteiger partial charge in [0.15, 0.2) is 11.5 Å². The van der Waals surface area contributed by atoms with E-state index in [0.717, 1.165) is 29.2 Å².